The molecular weight excluding hydrogens is 120 g/mol. The number of carbonyl (C=O) groups is 1. The Morgan fingerprint density at radius 2 is 2.33 bits per heavy atom. The molecule has 0 aliphatic carbocycles. The predicted octanol–water partition coefficient (Wildman–Crippen LogP) is 0.848. The Bertz CT molecular complexity index is 128. The van der Waals surface area contributed by atoms with Gasteiger partial charge in [0.05, 0.1) is 13.0 Å². The van der Waals surface area contributed by atoms with Gasteiger partial charge in [-0.1, -0.05) is 0 Å². The van der Waals surface area contributed by atoms with Gasteiger partial charge in [-0.15, -0.1) is 0 Å². The number of rotatable bonds is 0. The van der Waals surface area contributed by atoms with Gasteiger partial charge in [0.15, 0.2) is 0 Å². The molecule has 0 aromatic heterocycles. The third kappa shape index (κ3) is 1.68. The third-order valence-electron chi connectivity index (χ3n) is 0.977. The van der Waals surface area contributed by atoms with Crippen LogP contribution in [-0.2, 0) is 14.3 Å². The van der Waals surface area contributed by atoms with Gasteiger partial charge >= 0.3 is 5.97 Å². The van der Waals surface area contributed by atoms with Crippen LogP contribution in [0.4, 0.5) is 0 Å². The summed E-state index contributed by atoms with van der Waals surface area (Å²) >= 11 is 0. The minimum absolute atomic E-state index is 0.230. The fourth-order valence-corrected chi connectivity index (χ4v) is 0.650. The van der Waals surface area contributed by atoms with E-state index in [9.17, 15) is 4.79 Å². The first-order valence-electron chi connectivity index (χ1n) is 2.81. The Balaban J connectivity index is 2.51. The van der Waals surface area contributed by atoms with Gasteiger partial charge in [0.2, 0.25) is 5.79 Å². The molecule has 3 heteroatoms. The molecule has 1 saturated heterocycles. The molecule has 9 heavy (non-hydrogen) atoms. The first kappa shape index (κ1) is 6.55. The van der Waals surface area contributed by atoms with Gasteiger partial charge in [0.1, 0.15) is 0 Å². The van der Waals surface area contributed by atoms with Crippen LogP contribution in [-0.4, -0.2) is 11.8 Å². The van der Waals surface area contributed by atoms with Crippen LogP contribution in [0.1, 0.15) is 20.3 Å². The molecule has 1 fully saturated rings. The standard InChI is InChI=1S/C6H9O3/c1-6(2)8-4-3-5(7)9-6/h4H,3H2,1-2H3. The van der Waals surface area contributed by atoms with Crippen molar-refractivity contribution in [2.24, 2.45) is 0 Å². The summed E-state index contributed by atoms with van der Waals surface area (Å²) in [6.45, 7) is 4.85. The quantitative estimate of drug-likeness (QED) is 0.455. The van der Waals surface area contributed by atoms with Gasteiger partial charge in [0.25, 0.3) is 0 Å². The Morgan fingerprint density at radius 1 is 1.67 bits per heavy atom. The highest BCUT2D eigenvalue weighted by atomic mass is 16.7. The predicted molar refractivity (Wildman–Crippen MR) is 30.2 cm³/mol. The van der Waals surface area contributed by atoms with Crippen molar-refractivity contribution < 1.29 is 14.3 Å². The van der Waals surface area contributed by atoms with Crippen molar-refractivity contribution in [3.05, 3.63) is 6.61 Å². The van der Waals surface area contributed by atoms with Gasteiger partial charge < -0.3 is 9.47 Å². The fourth-order valence-electron chi connectivity index (χ4n) is 0.650. The maximum absolute atomic E-state index is 10.5. The summed E-state index contributed by atoms with van der Waals surface area (Å²) in [7, 11) is 0. The van der Waals surface area contributed by atoms with E-state index in [0.717, 1.165) is 0 Å². The van der Waals surface area contributed by atoms with Crippen LogP contribution < -0.4 is 0 Å². The normalized spacial score (nSPS) is 25.3. The van der Waals surface area contributed by atoms with E-state index in [1.807, 2.05) is 0 Å². The highest BCUT2D eigenvalue weighted by Gasteiger charge is 2.28. The first-order valence-corrected chi connectivity index (χ1v) is 2.81. The van der Waals surface area contributed by atoms with Crippen LogP contribution in [0.25, 0.3) is 0 Å². The van der Waals surface area contributed by atoms with E-state index < -0.39 is 5.79 Å². The van der Waals surface area contributed by atoms with E-state index in [0.29, 0.717) is 0 Å². The molecule has 0 atom stereocenters. The van der Waals surface area contributed by atoms with Crippen LogP contribution in [0.5, 0.6) is 0 Å². The number of cyclic esters (lactones) is 1. The molecule has 1 aliphatic rings. The number of esters is 1. The van der Waals surface area contributed by atoms with Crippen molar-refractivity contribution in [2.45, 2.75) is 26.1 Å². The van der Waals surface area contributed by atoms with E-state index in [1.165, 1.54) is 6.61 Å². The largest absolute Gasteiger partial charge is 0.434 e. The molecule has 0 aromatic carbocycles. The van der Waals surface area contributed by atoms with Crippen LogP contribution in [0, 0.1) is 6.61 Å². The van der Waals surface area contributed by atoms with E-state index in [4.69, 9.17) is 9.47 Å². The van der Waals surface area contributed by atoms with Crippen molar-refractivity contribution >= 4 is 5.97 Å². The Hall–Kier alpha value is -0.570. The zero-order valence-corrected chi connectivity index (χ0v) is 5.51. The Labute approximate surface area is 53.9 Å². The molecule has 0 aromatic rings. The second-order valence-corrected chi connectivity index (χ2v) is 2.36. The topological polar surface area (TPSA) is 35.5 Å². The molecule has 1 radical (unpaired) electrons. The summed E-state index contributed by atoms with van der Waals surface area (Å²) in [6, 6.07) is 0. The van der Waals surface area contributed by atoms with E-state index in [2.05, 4.69) is 0 Å². The van der Waals surface area contributed by atoms with Crippen molar-refractivity contribution in [3.8, 4) is 0 Å². The number of carbonyl (C=O) groups excluding carboxylic acids is 1. The maximum atomic E-state index is 10.5. The average molecular weight is 129 g/mol. The maximum Gasteiger partial charge on any atom is 0.311 e. The molecule has 0 bridgehead atoms. The SMILES string of the molecule is CC1(C)O[CH]CC(=O)O1. The fraction of sp³-hybridized carbons (Fsp3) is 0.667. The van der Waals surface area contributed by atoms with Crippen LogP contribution >= 0.6 is 0 Å². The van der Waals surface area contributed by atoms with Crippen molar-refractivity contribution in [1.29, 1.82) is 0 Å². The molecule has 0 amide bonds. The average Bonchev–Trinajstić information content (AvgIpc) is 1.60. The van der Waals surface area contributed by atoms with E-state index in [-0.39, 0.29) is 12.4 Å². The third-order valence-corrected chi connectivity index (χ3v) is 0.977. The lowest BCUT2D eigenvalue weighted by molar-refractivity contribution is -0.220. The number of hydrogen-bond acceptors (Lipinski definition) is 3. The van der Waals surface area contributed by atoms with E-state index in [1.54, 1.807) is 13.8 Å². The molecule has 1 heterocycles. The lowest BCUT2D eigenvalue weighted by Crippen LogP contribution is -2.34. The van der Waals surface area contributed by atoms with Gasteiger partial charge in [0, 0.05) is 13.8 Å². The highest BCUT2D eigenvalue weighted by molar-refractivity contribution is 5.71. The minimum Gasteiger partial charge on any atom is -0.434 e. The summed E-state index contributed by atoms with van der Waals surface area (Å²) in [6.07, 6.45) is 0.253. The lowest BCUT2D eigenvalue weighted by atomic mass is 10.3. The Kier molecular flexibility index (Phi) is 1.45. The van der Waals surface area contributed by atoms with Crippen LogP contribution in [0.15, 0.2) is 0 Å². The van der Waals surface area contributed by atoms with Crippen molar-refractivity contribution in [1.82, 2.24) is 0 Å². The highest BCUT2D eigenvalue weighted by Crippen LogP contribution is 2.19. The van der Waals surface area contributed by atoms with Crippen LogP contribution in [0.2, 0.25) is 0 Å². The summed E-state index contributed by atoms with van der Waals surface area (Å²) in [5.74, 6) is -0.985. The van der Waals surface area contributed by atoms with Gasteiger partial charge in [-0.2, -0.15) is 0 Å². The van der Waals surface area contributed by atoms with Crippen molar-refractivity contribution in [3.63, 3.8) is 0 Å². The van der Waals surface area contributed by atoms with Crippen LogP contribution in [0.3, 0.4) is 0 Å². The summed E-state index contributed by atoms with van der Waals surface area (Å²) in [5.41, 5.74) is 0. The molecule has 0 saturated carbocycles. The van der Waals surface area contributed by atoms with Gasteiger partial charge in [-0.05, 0) is 0 Å². The molecule has 1 aliphatic heterocycles. The summed E-state index contributed by atoms with van der Waals surface area (Å²) in [4.78, 5) is 10.5. The zero-order chi connectivity index (χ0) is 6.91. The minimum atomic E-state index is -0.755. The lowest BCUT2D eigenvalue weighted by Gasteiger charge is -2.28. The summed E-state index contributed by atoms with van der Waals surface area (Å²) < 4.78 is 9.75. The molecule has 3 nitrogen and oxygen atoms in total. The van der Waals surface area contributed by atoms with Crippen molar-refractivity contribution in [2.75, 3.05) is 0 Å². The zero-order valence-electron chi connectivity index (χ0n) is 5.51. The molecular formula is C6H9O3. The Morgan fingerprint density at radius 3 is 2.67 bits per heavy atom. The monoisotopic (exact) mass is 129 g/mol. The first-order chi connectivity index (χ1) is 4.10. The second-order valence-electron chi connectivity index (χ2n) is 2.36. The van der Waals surface area contributed by atoms with E-state index >= 15 is 0 Å². The number of hydrogen-bond donors (Lipinski definition) is 0. The van der Waals surface area contributed by atoms with Gasteiger partial charge in [-0.3, -0.25) is 4.79 Å². The smallest absolute Gasteiger partial charge is 0.311 e. The van der Waals surface area contributed by atoms with Gasteiger partial charge in [-0.25, -0.2) is 0 Å². The summed E-state index contributed by atoms with van der Waals surface area (Å²) in [5, 5.41) is 0. The molecule has 0 N–H and O–H groups in total. The molecule has 1 rings (SSSR count). The molecule has 0 unspecified atom stereocenters. The molecule has 51 valence electrons. The number of ether oxygens (including phenoxy) is 2. The molecule has 0 spiro atoms. The second kappa shape index (κ2) is 1.99.